The van der Waals surface area contributed by atoms with Crippen molar-refractivity contribution in [2.24, 2.45) is 11.8 Å². The zero-order chi connectivity index (χ0) is 8.84. The van der Waals surface area contributed by atoms with E-state index in [9.17, 15) is 0 Å². The highest BCUT2D eigenvalue weighted by Gasteiger charge is 2.47. The van der Waals surface area contributed by atoms with Gasteiger partial charge in [-0.3, -0.25) is 0 Å². The van der Waals surface area contributed by atoms with Gasteiger partial charge in [0.1, 0.15) is 0 Å². The van der Waals surface area contributed by atoms with Crippen LogP contribution in [0.5, 0.6) is 0 Å². The molecule has 1 aromatic heterocycles. The Bertz CT molecular complexity index is 318. The van der Waals surface area contributed by atoms with E-state index in [-0.39, 0.29) is 0 Å². The van der Waals surface area contributed by atoms with Gasteiger partial charge in [0.15, 0.2) is 0 Å². The first kappa shape index (κ1) is 7.86. The second-order valence-electron chi connectivity index (χ2n) is 4.46. The van der Waals surface area contributed by atoms with Crippen LogP contribution in [0, 0.1) is 18.8 Å². The van der Waals surface area contributed by atoms with Crippen LogP contribution in [0.2, 0.25) is 0 Å². The van der Waals surface area contributed by atoms with Gasteiger partial charge in [-0.25, -0.2) is 0 Å². The zero-order valence-corrected chi connectivity index (χ0v) is 8.73. The molecule has 0 radical (unpaired) electrons. The average Bonchev–Trinajstić information content (AvgIpc) is 2.65. The third-order valence-corrected chi connectivity index (χ3v) is 4.40. The second kappa shape index (κ2) is 2.74. The van der Waals surface area contributed by atoms with Crippen molar-refractivity contribution in [3.63, 3.8) is 0 Å². The number of fused-ring (bicyclic) bond motifs is 1. The average molecular weight is 193 g/mol. The standard InChI is InChI=1S/C11H15NS/c1-7-5-13-6-11(7)12-10-3-2-8-4-9(8)10/h5-6,8-10,12H,2-4H2,1H3. The molecule has 0 saturated heterocycles. The van der Waals surface area contributed by atoms with Gasteiger partial charge in [0.2, 0.25) is 0 Å². The molecule has 0 amide bonds. The van der Waals surface area contributed by atoms with Gasteiger partial charge in [0.25, 0.3) is 0 Å². The van der Waals surface area contributed by atoms with Gasteiger partial charge in [0.05, 0.1) is 0 Å². The van der Waals surface area contributed by atoms with Gasteiger partial charge in [-0.2, -0.15) is 0 Å². The quantitative estimate of drug-likeness (QED) is 0.760. The van der Waals surface area contributed by atoms with E-state index >= 15 is 0 Å². The van der Waals surface area contributed by atoms with Crippen LogP contribution in [0.4, 0.5) is 5.69 Å². The van der Waals surface area contributed by atoms with Crippen molar-refractivity contribution in [1.82, 2.24) is 0 Å². The van der Waals surface area contributed by atoms with Crippen LogP contribution in [0.3, 0.4) is 0 Å². The minimum absolute atomic E-state index is 0.790. The van der Waals surface area contributed by atoms with Crippen molar-refractivity contribution in [3.05, 3.63) is 16.3 Å². The molecule has 0 spiro atoms. The zero-order valence-electron chi connectivity index (χ0n) is 7.92. The molecule has 3 unspecified atom stereocenters. The lowest BCUT2D eigenvalue weighted by molar-refractivity contribution is 0.654. The number of rotatable bonds is 2. The first-order valence-corrected chi connectivity index (χ1v) is 6.08. The topological polar surface area (TPSA) is 12.0 Å². The van der Waals surface area contributed by atoms with Crippen LogP contribution in [-0.2, 0) is 0 Å². The van der Waals surface area contributed by atoms with Crippen molar-refractivity contribution < 1.29 is 0 Å². The maximum Gasteiger partial charge on any atom is 0.0480 e. The van der Waals surface area contributed by atoms with E-state index in [1.54, 1.807) is 11.3 Å². The summed E-state index contributed by atoms with van der Waals surface area (Å²) in [6.45, 7) is 2.19. The number of thiophene rings is 1. The van der Waals surface area contributed by atoms with Gasteiger partial charge in [-0.05, 0) is 49.0 Å². The first-order chi connectivity index (χ1) is 6.34. The van der Waals surface area contributed by atoms with E-state index < -0.39 is 0 Å². The summed E-state index contributed by atoms with van der Waals surface area (Å²) in [7, 11) is 0. The number of nitrogens with one attached hydrogen (secondary N) is 1. The summed E-state index contributed by atoms with van der Waals surface area (Å²) in [6, 6.07) is 0.790. The largest absolute Gasteiger partial charge is 0.381 e. The molecule has 13 heavy (non-hydrogen) atoms. The lowest BCUT2D eigenvalue weighted by atomic mass is 10.1. The fraction of sp³-hybridized carbons (Fsp3) is 0.636. The molecule has 1 nitrogen and oxygen atoms in total. The lowest BCUT2D eigenvalue weighted by Gasteiger charge is -2.15. The molecule has 1 heterocycles. The molecule has 2 fully saturated rings. The van der Waals surface area contributed by atoms with E-state index in [0.29, 0.717) is 0 Å². The Kier molecular flexibility index (Phi) is 1.66. The second-order valence-corrected chi connectivity index (χ2v) is 5.20. The van der Waals surface area contributed by atoms with Gasteiger partial charge in [-0.1, -0.05) is 0 Å². The highest BCUT2D eigenvalue weighted by Crippen LogP contribution is 2.52. The molecule has 3 atom stereocenters. The molecule has 2 aliphatic carbocycles. The van der Waals surface area contributed by atoms with E-state index in [4.69, 9.17) is 0 Å². The Balaban J connectivity index is 1.72. The third-order valence-electron chi connectivity index (χ3n) is 3.54. The van der Waals surface area contributed by atoms with Crippen molar-refractivity contribution in [2.45, 2.75) is 32.2 Å². The van der Waals surface area contributed by atoms with Crippen molar-refractivity contribution in [3.8, 4) is 0 Å². The Labute approximate surface area is 83.2 Å². The smallest absolute Gasteiger partial charge is 0.0480 e. The maximum absolute atomic E-state index is 3.69. The SMILES string of the molecule is Cc1cscc1NC1CCC2CC21. The van der Waals surface area contributed by atoms with Gasteiger partial charge >= 0.3 is 0 Å². The fourth-order valence-corrected chi connectivity index (χ4v) is 3.38. The summed E-state index contributed by atoms with van der Waals surface area (Å²) >= 11 is 1.80. The van der Waals surface area contributed by atoms with Gasteiger partial charge in [-0.15, -0.1) is 11.3 Å². The molecular formula is C11H15NS. The predicted octanol–water partition coefficient (Wildman–Crippen LogP) is 3.27. The minimum Gasteiger partial charge on any atom is -0.381 e. The summed E-state index contributed by atoms with van der Waals surface area (Å²) in [5.41, 5.74) is 2.79. The van der Waals surface area contributed by atoms with Crippen molar-refractivity contribution in [1.29, 1.82) is 0 Å². The summed E-state index contributed by atoms with van der Waals surface area (Å²) in [5.74, 6) is 2.09. The van der Waals surface area contributed by atoms with E-state index in [2.05, 4.69) is 23.0 Å². The van der Waals surface area contributed by atoms with Crippen LogP contribution in [0.25, 0.3) is 0 Å². The molecule has 0 aliphatic heterocycles. The molecule has 1 aromatic rings. The highest BCUT2D eigenvalue weighted by atomic mass is 32.1. The monoisotopic (exact) mass is 193 g/mol. The molecule has 3 rings (SSSR count). The summed E-state index contributed by atoms with van der Waals surface area (Å²) in [5, 5.41) is 8.16. The molecule has 0 bridgehead atoms. The lowest BCUT2D eigenvalue weighted by Crippen LogP contribution is -2.18. The molecular weight excluding hydrogens is 178 g/mol. The Morgan fingerprint density at radius 3 is 2.85 bits per heavy atom. The molecule has 2 heteroatoms. The fourth-order valence-electron chi connectivity index (χ4n) is 2.59. The number of hydrogen-bond acceptors (Lipinski definition) is 2. The van der Waals surface area contributed by atoms with Crippen LogP contribution >= 0.6 is 11.3 Å². The third kappa shape index (κ3) is 1.28. The van der Waals surface area contributed by atoms with E-state index in [1.165, 1.54) is 30.5 Å². The predicted molar refractivity (Wildman–Crippen MR) is 57.3 cm³/mol. The van der Waals surface area contributed by atoms with Crippen LogP contribution in [0.15, 0.2) is 10.8 Å². The molecule has 1 N–H and O–H groups in total. The summed E-state index contributed by atoms with van der Waals surface area (Å²) < 4.78 is 0. The van der Waals surface area contributed by atoms with Crippen LogP contribution in [-0.4, -0.2) is 6.04 Å². The normalized spacial score (nSPS) is 35.9. The minimum atomic E-state index is 0.790. The van der Waals surface area contributed by atoms with E-state index in [1.807, 2.05) is 0 Å². The number of anilines is 1. The molecule has 2 saturated carbocycles. The maximum atomic E-state index is 3.69. The summed E-state index contributed by atoms with van der Waals surface area (Å²) in [4.78, 5) is 0. The van der Waals surface area contributed by atoms with Gasteiger partial charge < -0.3 is 5.32 Å². The van der Waals surface area contributed by atoms with E-state index in [0.717, 1.165) is 17.9 Å². The highest BCUT2D eigenvalue weighted by molar-refractivity contribution is 7.08. The van der Waals surface area contributed by atoms with Gasteiger partial charge in [0, 0.05) is 17.1 Å². The van der Waals surface area contributed by atoms with Crippen molar-refractivity contribution >= 4 is 17.0 Å². The molecule has 70 valence electrons. The Morgan fingerprint density at radius 2 is 2.31 bits per heavy atom. The molecule has 0 aromatic carbocycles. The first-order valence-electron chi connectivity index (χ1n) is 5.14. The van der Waals surface area contributed by atoms with Crippen LogP contribution < -0.4 is 5.32 Å². The Morgan fingerprint density at radius 1 is 1.38 bits per heavy atom. The summed E-state index contributed by atoms with van der Waals surface area (Å²) in [6.07, 6.45) is 4.34. The number of aryl methyl sites for hydroxylation is 1. The molecule has 2 aliphatic rings. The number of hydrogen-bond donors (Lipinski definition) is 1. The van der Waals surface area contributed by atoms with Crippen LogP contribution in [0.1, 0.15) is 24.8 Å². The van der Waals surface area contributed by atoms with Crippen molar-refractivity contribution in [2.75, 3.05) is 5.32 Å². The Hall–Kier alpha value is -0.500.